The van der Waals surface area contributed by atoms with Crippen LogP contribution in [0.3, 0.4) is 0 Å². The molecule has 0 bridgehead atoms. The normalized spacial score (nSPS) is 12.3. The Labute approximate surface area is 110 Å². The molecule has 0 saturated carbocycles. The molecule has 0 amide bonds. The molecule has 2 aromatic rings. The van der Waals surface area contributed by atoms with Crippen LogP contribution in [0.15, 0.2) is 30.5 Å². The highest BCUT2D eigenvalue weighted by atomic mass is 16.6. The summed E-state index contributed by atoms with van der Waals surface area (Å²) in [6.07, 6.45) is 1.77. The first-order valence-electron chi connectivity index (χ1n) is 6.03. The van der Waals surface area contributed by atoms with Gasteiger partial charge in [-0.1, -0.05) is 0 Å². The highest BCUT2D eigenvalue weighted by molar-refractivity contribution is 5.96. The van der Waals surface area contributed by atoms with Gasteiger partial charge in [0.15, 0.2) is 0 Å². The summed E-state index contributed by atoms with van der Waals surface area (Å²) < 4.78 is 0. The van der Waals surface area contributed by atoms with Crippen molar-refractivity contribution in [3.63, 3.8) is 0 Å². The maximum atomic E-state index is 10.9. The Balaban J connectivity index is 2.36. The molecule has 6 heteroatoms. The van der Waals surface area contributed by atoms with Crippen molar-refractivity contribution in [1.82, 2.24) is 4.98 Å². The van der Waals surface area contributed by atoms with E-state index in [0.29, 0.717) is 23.9 Å². The van der Waals surface area contributed by atoms with Gasteiger partial charge in [0.1, 0.15) is 5.52 Å². The number of nitro groups is 1. The zero-order valence-electron chi connectivity index (χ0n) is 10.5. The fraction of sp³-hybridized carbons (Fsp3) is 0.308. The molecular formula is C13H15N3O3. The molecule has 2 rings (SSSR count). The van der Waals surface area contributed by atoms with Gasteiger partial charge in [0, 0.05) is 29.9 Å². The highest BCUT2D eigenvalue weighted by Crippen LogP contribution is 2.29. The van der Waals surface area contributed by atoms with Crippen LogP contribution in [0.4, 0.5) is 11.4 Å². The van der Waals surface area contributed by atoms with Gasteiger partial charge >= 0.3 is 0 Å². The first-order valence-corrected chi connectivity index (χ1v) is 6.03. The average Bonchev–Trinajstić information content (AvgIpc) is 2.38. The van der Waals surface area contributed by atoms with Crippen molar-refractivity contribution < 1.29 is 10.0 Å². The molecule has 0 saturated heterocycles. The summed E-state index contributed by atoms with van der Waals surface area (Å²) in [5.41, 5.74) is 1.15. The lowest BCUT2D eigenvalue weighted by Crippen LogP contribution is -2.10. The lowest BCUT2D eigenvalue weighted by molar-refractivity contribution is -0.383. The quantitative estimate of drug-likeness (QED) is 0.637. The van der Waals surface area contributed by atoms with E-state index >= 15 is 0 Å². The van der Waals surface area contributed by atoms with Crippen LogP contribution in [-0.4, -0.2) is 27.7 Å². The van der Waals surface area contributed by atoms with Crippen molar-refractivity contribution >= 4 is 22.3 Å². The van der Waals surface area contributed by atoms with Gasteiger partial charge < -0.3 is 10.4 Å². The number of aromatic nitrogens is 1. The number of nitro benzene ring substituents is 1. The molecule has 1 aromatic heterocycles. The highest BCUT2D eigenvalue weighted by Gasteiger charge is 2.14. The fourth-order valence-corrected chi connectivity index (χ4v) is 1.87. The Bertz CT molecular complexity index is 599. The summed E-state index contributed by atoms with van der Waals surface area (Å²) in [4.78, 5) is 14.6. The third-order valence-corrected chi connectivity index (χ3v) is 2.82. The van der Waals surface area contributed by atoms with Crippen LogP contribution in [0, 0.1) is 10.1 Å². The third-order valence-electron chi connectivity index (χ3n) is 2.82. The molecule has 0 spiro atoms. The van der Waals surface area contributed by atoms with E-state index in [0.717, 1.165) is 5.69 Å². The molecule has 0 aliphatic carbocycles. The standard InChI is InChI=1S/C13H15N3O3/c1-9(17)6-8-14-11-4-5-12(16(18)19)13-10(11)3-2-7-15-13/h2-5,7,9,14,17H,6,8H2,1H3. The van der Waals surface area contributed by atoms with Crippen molar-refractivity contribution in [3.05, 3.63) is 40.6 Å². The van der Waals surface area contributed by atoms with Crippen molar-refractivity contribution in [2.24, 2.45) is 0 Å². The van der Waals surface area contributed by atoms with Gasteiger partial charge in [-0.3, -0.25) is 10.1 Å². The Hall–Kier alpha value is -2.21. The van der Waals surface area contributed by atoms with Crippen molar-refractivity contribution in [2.75, 3.05) is 11.9 Å². The fourth-order valence-electron chi connectivity index (χ4n) is 1.87. The van der Waals surface area contributed by atoms with Gasteiger partial charge in [-0.15, -0.1) is 0 Å². The molecule has 100 valence electrons. The van der Waals surface area contributed by atoms with E-state index in [1.54, 1.807) is 25.1 Å². The molecular weight excluding hydrogens is 246 g/mol. The first kappa shape index (κ1) is 13.2. The molecule has 0 radical (unpaired) electrons. The number of aliphatic hydroxyl groups is 1. The lowest BCUT2D eigenvalue weighted by Gasteiger charge is -2.10. The number of pyridine rings is 1. The van der Waals surface area contributed by atoms with Gasteiger partial charge in [-0.05, 0) is 31.5 Å². The van der Waals surface area contributed by atoms with Gasteiger partial charge in [0.25, 0.3) is 5.69 Å². The number of non-ortho nitro benzene ring substituents is 1. The van der Waals surface area contributed by atoms with E-state index < -0.39 is 4.92 Å². The van der Waals surface area contributed by atoms with Crippen LogP contribution in [-0.2, 0) is 0 Å². The molecule has 0 aliphatic heterocycles. The van der Waals surface area contributed by atoms with Gasteiger partial charge in [-0.2, -0.15) is 0 Å². The summed E-state index contributed by atoms with van der Waals surface area (Å²) in [5, 5.41) is 24.0. The number of rotatable bonds is 5. The monoisotopic (exact) mass is 261 g/mol. The minimum absolute atomic E-state index is 0.00308. The summed E-state index contributed by atoms with van der Waals surface area (Å²) in [5.74, 6) is 0. The number of hydrogen-bond donors (Lipinski definition) is 2. The van der Waals surface area contributed by atoms with Crippen molar-refractivity contribution in [1.29, 1.82) is 0 Å². The number of aliphatic hydroxyl groups excluding tert-OH is 1. The maximum Gasteiger partial charge on any atom is 0.295 e. The smallest absolute Gasteiger partial charge is 0.295 e. The van der Waals surface area contributed by atoms with Crippen LogP contribution in [0.5, 0.6) is 0 Å². The SMILES string of the molecule is CC(O)CCNc1ccc([N+](=O)[O-])c2ncccc12. The number of benzene rings is 1. The molecule has 2 N–H and O–H groups in total. The van der Waals surface area contributed by atoms with Crippen LogP contribution < -0.4 is 5.32 Å². The zero-order chi connectivity index (χ0) is 13.8. The maximum absolute atomic E-state index is 10.9. The van der Waals surface area contributed by atoms with E-state index in [2.05, 4.69) is 10.3 Å². The van der Waals surface area contributed by atoms with Gasteiger partial charge in [0.2, 0.25) is 0 Å². The topological polar surface area (TPSA) is 88.3 Å². The molecule has 0 aliphatic rings. The Morgan fingerprint density at radius 2 is 2.26 bits per heavy atom. The van der Waals surface area contributed by atoms with E-state index in [1.807, 2.05) is 0 Å². The molecule has 0 fully saturated rings. The third kappa shape index (κ3) is 2.97. The first-order chi connectivity index (χ1) is 9.09. The van der Waals surface area contributed by atoms with Crippen molar-refractivity contribution in [2.45, 2.75) is 19.4 Å². The molecule has 19 heavy (non-hydrogen) atoms. The van der Waals surface area contributed by atoms with E-state index in [9.17, 15) is 15.2 Å². The Morgan fingerprint density at radius 1 is 1.47 bits per heavy atom. The summed E-state index contributed by atoms with van der Waals surface area (Å²) in [7, 11) is 0. The molecule has 1 unspecified atom stereocenters. The predicted molar refractivity (Wildman–Crippen MR) is 73.2 cm³/mol. The largest absolute Gasteiger partial charge is 0.393 e. The number of nitrogens with zero attached hydrogens (tertiary/aromatic N) is 2. The van der Waals surface area contributed by atoms with E-state index in [4.69, 9.17) is 0 Å². The van der Waals surface area contributed by atoms with Crippen LogP contribution >= 0.6 is 0 Å². The van der Waals surface area contributed by atoms with Crippen LogP contribution in [0.1, 0.15) is 13.3 Å². The Morgan fingerprint density at radius 3 is 2.95 bits per heavy atom. The van der Waals surface area contributed by atoms with Crippen molar-refractivity contribution in [3.8, 4) is 0 Å². The second-order valence-corrected chi connectivity index (χ2v) is 4.35. The number of hydrogen-bond acceptors (Lipinski definition) is 5. The summed E-state index contributed by atoms with van der Waals surface area (Å²) in [6, 6.07) is 6.65. The molecule has 1 aromatic carbocycles. The average molecular weight is 261 g/mol. The zero-order valence-corrected chi connectivity index (χ0v) is 10.5. The molecule has 1 heterocycles. The van der Waals surface area contributed by atoms with E-state index in [-0.39, 0.29) is 11.8 Å². The summed E-state index contributed by atoms with van der Waals surface area (Å²) >= 11 is 0. The lowest BCUT2D eigenvalue weighted by atomic mass is 10.1. The molecule has 1 atom stereocenters. The summed E-state index contributed by atoms with van der Waals surface area (Å²) in [6.45, 7) is 2.32. The number of fused-ring (bicyclic) bond motifs is 1. The minimum atomic E-state index is -0.436. The predicted octanol–water partition coefficient (Wildman–Crippen LogP) is 2.33. The van der Waals surface area contributed by atoms with Gasteiger partial charge in [0.05, 0.1) is 11.0 Å². The van der Waals surface area contributed by atoms with Gasteiger partial charge in [-0.25, -0.2) is 4.98 Å². The number of anilines is 1. The number of nitrogens with one attached hydrogen (secondary N) is 1. The Kier molecular flexibility index (Phi) is 3.91. The van der Waals surface area contributed by atoms with Crippen LogP contribution in [0.25, 0.3) is 10.9 Å². The molecule has 6 nitrogen and oxygen atoms in total. The minimum Gasteiger partial charge on any atom is -0.393 e. The second-order valence-electron chi connectivity index (χ2n) is 4.35. The van der Waals surface area contributed by atoms with Crippen LogP contribution in [0.2, 0.25) is 0 Å². The van der Waals surface area contributed by atoms with E-state index in [1.165, 1.54) is 12.3 Å². The second kappa shape index (κ2) is 5.62.